The molecule has 1 fully saturated rings. The van der Waals surface area contributed by atoms with E-state index in [1.165, 1.54) is 15.4 Å². The van der Waals surface area contributed by atoms with Crippen LogP contribution in [0.5, 0.6) is 0 Å². The fourth-order valence-electron chi connectivity index (χ4n) is 2.63. The van der Waals surface area contributed by atoms with Crippen molar-refractivity contribution in [2.24, 2.45) is 0 Å². The van der Waals surface area contributed by atoms with Crippen molar-refractivity contribution in [3.05, 3.63) is 17.5 Å². The number of piperidine rings is 1. The molecule has 1 aliphatic rings. The first kappa shape index (κ1) is 16.0. The van der Waals surface area contributed by atoms with Gasteiger partial charge in [-0.15, -0.1) is 0 Å². The molecule has 1 saturated heterocycles. The summed E-state index contributed by atoms with van der Waals surface area (Å²) >= 11 is 0. The van der Waals surface area contributed by atoms with E-state index in [1.54, 1.807) is 21.0 Å². The van der Waals surface area contributed by atoms with Crippen molar-refractivity contribution in [3.8, 4) is 0 Å². The van der Waals surface area contributed by atoms with Crippen molar-refractivity contribution >= 4 is 15.9 Å². The van der Waals surface area contributed by atoms with Gasteiger partial charge < -0.3 is 4.90 Å². The molecule has 1 aromatic heterocycles. The van der Waals surface area contributed by atoms with E-state index >= 15 is 0 Å². The summed E-state index contributed by atoms with van der Waals surface area (Å²) in [5.74, 6) is -0.0256. The van der Waals surface area contributed by atoms with E-state index in [0.717, 1.165) is 18.5 Å². The fourth-order valence-corrected chi connectivity index (χ4v) is 3.81. The van der Waals surface area contributed by atoms with Crippen LogP contribution in [-0.4, -0.2) is 66.7 Å². The average Bonchev–Trinajstić information content (AvgIpc) is 2.95. The van der Waals surface area contributed by atoms with Crippen LogP contribution < -0.4 is 0 Å². The minimum absolute atomic E-state index is 0.0125. The summed E-state index contributed by atoms with van der Waals surface area (Å²) in [6.07, 6.45) is 3.16. The molecule has 21 heavy (non-hydrogen) atoms. The minimum Gasteiger partial charge on any atom is -0.345 e. The molecule has 0 aliphatic carbocycles. The van der Waals surface area contributed by atoms with Crippen molar-refractivity contribution in [1.29, 1.82) is 0 Å². The van der Waals surface area contributed by atoms with Crippen LogP contribution in [0, 0.1) is 0 Å². The van der Waals surface area contributed by atoms with Gasteiger partial charge in [0, 0.05) is 33.1 Å². The third-order valence-electron chi connectivity index (χ3n) is 3.86. The Morgan fingerprint density at radius 3 is 2.86 bits per heavy atom. The first-order chi connectivity index (χ1) is 9.86. The highest BCUT2D eigenvalue weighted by atomic mass is 32.2. The molecule has 0 unspecified atom stereocenters. The maximum absolute atomic E-state index is 12.1. The zero-order valence-electron chi connectivity index (χ0n) is 12.7. The second kappa shape index (κ2) is 6.15. The number of hydrogen-bond acceptors (Lipinski definition) is 4. The summed E-state index contributed by atoms with van der Waals surface area (Å²) in [6.45, 7) is 2.61. The van der Waals surface area contributed by atoms with Crippen LogP contribution in [0.2, 0.25) is 0 Å². The number of hydrogen-bond donors (Lipinski definition) is 1. The predicted molar refractivity (Wildman–Crippen MR) is 79.6 cm³/mol. The Labute approximate surface area is 125 Å². The SMILES string of the molecule is CCS(=O)(=O)N1CCC[C@H](c2[nH]ncc2C(=O)N(C)C)C1. The smallest absolute Gasteiger partial charge is 0.256 e. The van der Waals surface area contributed by atoms with Crippen LogP contribution in [0.25, 0.3) is 0 Å². The molecule has 1 aromatic rings. The standard InChI is InChI=1S/C13H22N4O3S/c1-4-21(19,20)17-7-5-6-10(9-17)12-11(8-14-15-12)13(18)16(2)3/h8,10H,4-7,9H2,1-3H3,(H,14,15)/t10-/m0/s1. The zero-order chi connectivity index (χ0) is 15.6. The molecule has 0 radical (unpaired) electrons. The van der Waals surface area contributed by atoms with E-state index in [9.17, 15) is 13.2 Å². The van der Waals surface area contributed by atoms with Crippen molar-refractivity contribution in [2.75, 3.05) is 32.9 Å². The van der Waals surface area contributed by atoms with Crippen molar-refractivity contribution in [1.82, 2.24) is 19.4 Å². The molecule has 0 aromatic carbocycles. The number of sulfonamides is 1. The van der Waals surface area contributed by atoms with Gasteiger partial charge in [-0.25, -0.2) is 12.7 Å². The lowest BCUT2D eigenvalue weighted by Crippen LogP contribution is -2.40. The highest BCUT2D eigenvalue weighted by molar-refractivity contribution is 7.89. The van der Waals surface area contributed by atoms with Crippen molar-refractivity contribution in [3.63, 3.8) is 0 Å². The molecule has 1 atom stereocenters. The Balaban J connectivity index is 2.23. The Morgan fingerprint density at radius 1 is 1.52 bits per heavy atom. The molecule has 0 saturated carbocycles. The number of carbonyl (C=O) groups is 1. The molecule has 1 amide bonds. The van der Waals surface area contributed by atoms with Gasteiger partial charge in [0.2, 0.25) is 10.0 Å². The maximum atomic E-state index is 12.1. The number of rotatable bonds is 4. The van der Waals surface area contributed by atoms with Crippen LogP contribution in [-0.2, 0) is 10.0 Å². The lowest BCUT2D eigenvalue weighted by Gasteiger charge is -2.31. The minimum atomic E-state index is -3.19. The number of aromatic amines is 1. The van der Waals surface area contributed by atoms with Gasteiger partial charge >= 0.3 is 0 Å². The number of nitrogens with zero attached hydrogens (tertiary/aromatic N) is 3. The van der Waals surface area contributed by atoms with Gasteiger partial charge in [-0.1, -0.05) is 0 Å². The highest BCUT2D eigenvalue weighted by Gasteiger charge is 2.31. The van der Waals surface area contributed by atoms with Gasteiger partial charge in [-0.05, 0) is 19.8 Å². The summed E-state index contributed by atoms with van der Waals surface area (Å²) in [6, 6.07) is 0. The summed E-state index contributed by atoms with van der Waals surface area (Å²) in [7, 11) is 0.186. The van der Waals surface area contributed by atoms with E-state index in [4.69, 9.17) is 0 Å². The molecule has 0 bridgehead atoms. The summed E-state index contributed by atoms with van der Waals surface area (Å²) in [5.41, 5.74) is 1.27. The fraction of sp³-hybridized carbons (Fsp3) is 0.692. The second-order valence-electron chi connectivity index (χ2n) is 5.49. The Hall–Kier alpha value is -1.41. The van der Waals surface area contributed by atoms with Crippen LogP contribution >= 0.6 is 0 Å². The van der Waals surface area contributed by atoms with Crippen LogP contribution in [0.1, 0.15) is 41.7 Å². The van der Waals surface area contributed by atoms with E-state index < -0.39 is 10.0 Å². The highest BCUT2D eigenvalue weighted by Crippen LogP contribution is 2.29. The molecule has 0 spiro atoms. The molecule has 1 aliphatic heterocycles. The van der Waals surface area contributed by atoms with Crippen molar-refractivity contribution < 1.29 is 13.2 Å². The van der Waals surface area contributed by atoms with Crippen LogP contribution in [0.4, 0.5) is 0 Å². The lowest BCUT2D eigenvalue weighted by molar-refractivity contribution is 0.0825. The van der Waals surface area contributed by atoms with Crippen molar-refractivity contribution in [2.45, 2.75) is 25.7 Å². The van der Waals surface area contributed by atoms with Gasteiger partial charge in [0.25, 0.3) is 5.91 Å². The van der Waals surface area contributed by atoms with E-state index in [2.05, 4.69) is 10.2 Å². The van der Waals surface area contributed by atoms with E-state index in [0.29, 0.717) is 18.7 Å². The largest absolute Gasteiger partial charge is 0.345 e. The molecule has 7 nitrogen and oxygen atoms in total. The van der Waals surface area contributed by atoms with Gasteiger partial charge in [0.1, 0.15) is 0 Å². The Kier molecular flexibility index (Phi) is 4.67. The van der Waals surface area contributed by atoms with Gasteiger partial charge in [-0.2, -0.15) is 5.10 Å². The maximum Gasteiger partial charge on any atom is 0.256 e. The number of H-pyrrole nitrogens is 1. The normalized spacial score (nSPS) is 20.4. The Morgan fingerprint density at radius 2 is 2.24 bits per heavy atom. The van der Waals surface area contributed by atoms with Crippen LogP contribution in [0.3, 0.4) is 0 Å². The average molecular weight is 314 g/mol. The first-order valence-corrected chi connectivity index (χ1v) is 8.70. The molecule has 8 heteroatoms. The monoisotopic (exact) mass is 314 g/mol. The Bertz CT molecular complexity index is 609. The topological polar surface area (TPSA) is 86.4 Å². The third kappa shape index (κ3) is 3.26. The molecule has 2 rings (SSSR count). The van der Waals surface area contributed by atoms with E-state index in [1.807, 2.05) is 0 Å². The number of aromatic nitrogens is 2. The van der Waals surface area contributed by atoms with Gasteiger partial charge in [0.15, 0.2) is 0 Å². The number of carbonyl (C=O) groups excluding carboxylic acids is 1. The zero-order valence-corrected chi connectivity index (χ0v) is 13.5. The summed E-state index contributed by atoms with van der Waals surface area (Å²) in [5, 5.41) is 6.85. The number of amides is 1. The summed E-state index contributed by atoms with van der Waals surface area (Å²) < 4.78 is 25.6. The molecule has 118 valence electrons. The molecule has 2 heterocycles. The lowest BCUT2D eigenvalue weighted by atomic mass is 9.93. The molecular formula is C13H22N4O3S. The quantitative estimate of drug-likeness (QED) is 0.883. The summed E-state index contributed by atoms with van der Waals surface area (Å²) in [4.78, 5) is 13.6. The molecular weight excluding hydrogens is 292 g/mol. The number of nitrogens with one attached hydrogen (secondary N) is 1. The third-order valence-corrected chi connectivity index (χ3v) is 5.70. The van der Waals surface area contributed by atoms with Gasteiger partial charge in [-0.3, -0.25) is 9.89 Å². The van der Waals surface area contributed by atoms with Crippen LogP contribution in [0.15, 0.2) is 6.20 Å². The molecule has 1 N–H and O–H groups in total. The van der Waals surface area contributed by atoms with E-state index in [-0.39, 0.29) is 17.6 Å². The predicted octanol–water partition coefficient (Wildman–Crippen LogP) is 0.641. The second-order valence-corrected chi connectivity index (χ2v) is 7.75. The van der Waals surface area contributed by atoms with Gasteiger partial charge in [0.05, 0.1) is 23.2 Å². The first-order valence-electron chi connectivity index (χ1n) is 7.09.